The third kappa shape index (κ3) is 36.2. The second-order valence-corrected chi connectivity index (χ2v) is 13.8. The lowest BCUT2D eigenvalue weighted by Crippen LogP contribution is -2.31. The van der Waals surface area contributed by atoms with E-state index in [1.807, 2.05) is 6.92 Å². The van der Waals surface area contributed by atoms with Crippen molar-refractivity contribution in [3.05, 3.63) is 0 Å². The van der Waals surface area contributed by atoms with Crippen LogP contribution in [-0.4, -0.2) is 37.1 Å². The van der Waals surface area contributed by atoms with Crippen LogP contribution in [0.2, 0.25) is 0 Å². The molecule has 0 saturated carbocycles. The lowest BCUT2D eigenvalue weighted by Gasteiger charge is -2.20. The van der Waals surface area contributed by atoms with Crippen molar-refractivity contribution in [1.29, 1.82) is 0 Å². The summed E-state index contributed by atoms with van der Waals surface area (Å²) in [5.41, 5.74) is 0. The van der Waals surface area contributed by atoms with Crippen molar-refractivity contribution in [1.82, 2.24) is 0 Å². The quantitative estimate of drug-likeness (QED) is 0.0707. The predicted octanol–water partition coefficient (Wildman–Crippen LogP) is 13.3. The van der Waals surface area contributed by atoms with Crippen LogP contribution < -0.4 is 0 Å². The summed E-state index contributed by atoms with van der Waals surface area (Å²) in [7, 11) is 0. The average Bonchev–Trinajstić information content (AvgIpc) is 3.00. The first-order valence-corrected chi connectivity index (χ1v) is 20.1. The number of unbranched alkanes of at least 4 members (excludes halogenated alkanes) is 30. The largest absolute Gasteiger partial charge is 0.391 e. The molecule has 0 heterocycles. The zero-order valence-electron chi connectivity index (χ0n) is 30.2. The van der Waals surface area contributed by atoms with Crippen LogP contribution in [-0.2, 0) is 9.47 Å². The molecule has 3 nitrogen and oxygen atoms in total. The van der Waals surface area contributed by atoms with Crippen molar-refractivity contribution in [2.45, 2.75) is 238 Å². The van der Waals surface area contributed by atoms with Crippen LogP contribution in [0.3, 0.4) is 0 Å². The lowest BCUT2D eigenvalue weighted by molar-refractivity contribution is -0.0745. The number of ether oxygens (including phenoxy) is 2. The Bertz CT molecular complexity index is 480. The molecule has 260 valence electrons. The fraction of sp³-hybridized carbons (Fsp3) is 1.00. The van der Waals surface area contributed by atoms with Gasteiger partial charge in [0.05, 0.1) is 12.7 Å². The molecule has 0 aliphatic heterocycles. The number of hydrogen-bond acceptors (Lipinski definition) is 3. The molecule has 3 heteroatoms. The van der Waals surface area contributed by atoms with Crippen LogP contribution in [0.25, 0.3) is 0 Å². The van der Waals surface area contributed by atoms with Crippen LogP contribution >= 0.6 is 0 Å². The van der Waals surface area contributed by atoms with Gasteiger partial charge < -0.3 is 14.6 Å². The van der Waals surface area contributed by atoms with Crippen LogP contribution in [0.4, 0.5) is 0 Å². The summed E-state index contributed by atoms with van der Waals surface area (Å²) >= 11 is 0. The topological polar surface area (TPSA) is 38.7 Å². The fourth-order valence-corrected chi connectivity index (χ4v) is 6.16. The van der Waals surface area contributed by atoms with Gasteiger partial charge in [-0.05, 0) is 19.8 Å². The molecule has 1 N–H and O–H groups in total. The molecule has 0 bridgehead atoms. The van der Waals surface area contributed by atoms with E-state index in [0.717, 1.165) is 26.1 Å². The Morgan fingerprint density at radius 1 is 0.372 bits per heavy atom. The Kier molecular flexibility index (Phi) is 38.0. The third-order valence-corrected chi connectivity index (χ3v) is 9.29. The van der Waals surface area contributed by atoms with Crippen molar-refractivity contribution < 1.29 is 14.6 Å². The van der Waals surface area contributed by atoms with E-state index < -0.39 is 6.10 Å². The highest BCUT2D eigenvalue weighted by atomic mass is 16.5. The minimum atomic E-state index is -0.466. The van der Waals surface area contributed by atoms with Crippen LogP contribution in [0.15, 0.2) is 0 Å². The maximum absolute atomic E-state index is 10.1. The monoisotopic (exact) mass is 611 g/mol. The van der Waals surface area contributed by atoms with Gasteiger partial charge in [0, 0.05) is 13.2 Å². The number of rotatable bonds is 38. The maximum atomic E-state index is 10.1. The van der Waals surface area contributed by atoms with E-state index in [4.69, 9.17) is 9.47 Å². The van der Waals surface area contributed by atoms with Gasteiger partial charge in [-0.1, -0.05) is 206 Å². The molecule has 2 atom stereocenters. The highest BCUT2D eigenvalue weighted by molar-refractivity contribution is 4.64. The zero-order chi connectivity index (χ0) is 31.3. The standard InChI is InChI=1S/C40H82O3/c1-4-6-8-10-12-14-16-18-20-22-24-26-28-30-32-34-36-42-38-40(39(3)41)43-37-35-33-31-29-27-25-23-21-19-17-15-13-11-9-7-5-2/h39-41H,4-38H2,1-3H3/t39-,40-/m1/s1. The molecule has 0 aliphatic rings. The maximum Gasteiger partial charge on any atom is 0.106 e. The van der Waals surface area contributed by atoms with Crippen molar-refractivity contribution in [3.63, 3.8) is 0 Å². The SMILES string of the molecule is CCCCCCCCCCCCCCCCCCOC[C@@H](OCCCCCCCCCCCCCCCCCC)[C@@H](C)O. The number of aliphatic hydroxyl groups excluding tert-OH is 1. The molecule has 0 amide bonds. The summed E-state index contributed by atoms with van der Waals surface area (Å²) in [6.07, 6.45) is 43.7. The number of aliphatic hydroxyl groups is 1. The Labute approximate surface area is 272 Å². The molecule has 0 saturated heterocycles. The summed E-state index contributed by atoms with van der Waals surface area (Å²) in [5.74, 6) is 0. The van der Waals surface area contributed by atoms with E-state index in [2.05, 4.69) is 13.8 Å². The molecule has 0 aromatic carbocycles. The minimum Gasteiger partial charge on any atom is -0.391 e. The van der Waals surface area contributed by atoms with E-state index in [0.29, 0.717) is 6.61 Å². The van der Waals surface area contributed by atoms with Gasteiger partial charge in [-0.2, -0.15) is 0 Å². The van der Waals surface area contributed by atoms with Crippen molar-refractivity contribution in [2.24, 2.45) is 0 Å². The summed E-state index contributed by atoms with van der Waals surface area (Å²) < 4.78 is 11.9. The number of hydrogen-bond donors (Lipinski definition) is 1. The molecule has 0 aliphatic carbocycles. The Balaban J connectivity index is 3.35. The molecular weight excluding hydrogens is 528 g/mol. The van der Waals surface area contributed by atoms with Crippen molar-refractivity contribution in [3.8, 4) is 0 Å². The zero-order valence-corrected chi connectivity index (χ0v) is 30.2. The van der Waals surface area contributed by atoms with Gasteiger partial charge in [-0.15, -0.1) is 0 Å². The molecular formula is C40H82O3. The van der Waals surface area contributed by atoms with E-state index >= 15 is 0 Å². The predicted molar refractivity (Wildman–Crippen MR) is 191 cm³/mol. The van der Waals surface area contributed by atoms with Crippen molar-refractivity contribution >= 4 is 0 Å². The van der Waals surface area contributed by atoms with E-state index in [1.54, 1.807) is 0 Å². The summed E-state index contributed by atoms with van der Waals surface area (Å²) in [6, 6.07) is 0. The molecule has 0 aromatic heterocycles. The van der Waals surface area contributed by atoms with Gasteiger partial charge in [0.15, 0.2) is 0 Å². The highest BCUT2D eigenvalue weighted by Gasteiger charge is 2.15. The highest BCUT2D eigenvalue weighted by Crippen LogP contribution is 2.15. The first-order valence-electron chi connectivity index (χ1n) is 20.1. The first kappa shape index (κ1) is 42.9. The van der Waals surface area contributed by atoms with Gasteiger partial charge in [0.25, 0.3) is 0 Å². The molecule has 43 heavy (non-hydrogen) atoms. The fourth-order valence-electron chi connectivity index (χ4n) is 6.16. The van der Waals surface area contributed by atoms with Gasteiger partial charge >= 0.3 is 0 Å². The molecule has 0 spiro atoms. The minimum absolute atomic E-state index is 0.183. The molecule has 0 fully saturated rings. The Morgan fingerprint density at radius 2 is 0.628 bits per heavy atom. The van der Waals surface area contributed by atoms with Crippen molar-refractivity contribution in [2.75, 3.05) is 19.8 Å². The normalized spacial score (nSPS) is 13.1. The smallest absolute Gasteiger partial charge is 0.106 e. The van der Waals surface area contributed by atoms with Crippen LogP contribution in [0.1, 0.15) is 226 Å². The van der Waals surface area contributed by atoms with Crippen LogP contribution in [0.5, 0.6) is 0 Å². The third-order valence-electron chi connectivity index (χ3n) is 9.29. The Morgan fingerprint density at radius 3 is 0.907 bits per heavy atom. The Hall–Kier alpha value is -0.120. The van der Waals surface area contributed by atoms with Gasteiger partial charge in [-0.3, -0.25) is 0 Å². The van der Waals surface area contributed by atoms with E-state index in [1.165, 1.54) is 193 Å². The average molecular weight is 611 g/mol. The lowest BCUT2D eigenvalue weighted by atomic mass is 10.0. The van der Waals surface area contributed by atoms with Gasteiger partial charge in [-0.25, -0.2) is 0 Å². The van der Waals surface area contributed by atoms with Gasteiger partial charge in [0.2, 0.25) is 0 Å². The van der Waals surface area contributed by atoms with Gasteiger partial charge in [0.1, 0.15) is 6.10 Å². The molecule has 0 unspecified atom stereocenters. The first-order chi connectivity index (χ1) is 21.2. The summed E-state index contributed by atoms with van der Waals surface area (Å²) in [5, 5.41) is 10.1. The van der Waals surface area contributed by atoms with Crippen LogP contribution in [0, 0.1) is 0 Å². The molecule has 0 radical (unpaired) electrons. The summed E-state index contributed by atoms with van der Waals surface area (Å²) in [6.45, 7) is 8.48. The molecule has 0 rings (SSSR count). The second-order valence-electron chi connectivity index (χ2n) is 13.8. The molecule has 0 aromatic rings. The van der Waals surface area contributed by atoms with E-state index in [9.17, 15) is 5.11 Å². The second kappa shape index (κ2) is 38.1. The summed E-state index contributed by atoms with van der Waals surface area (Å²) in [4.78, 5) is 0. The van der Waals surface area contributed by atoms with E-state index in [-0.39, 0.29) is 6.10 Å².